The summed E-state index contributed by atoms with van der Waals surface area (Å²) in [5, 5.41) is 2.16. The molecule has 1 N–H and O–H groups in total. The van der Waals surface area contributed by atoms with Crippen molar-refractivity contribution in [3.05, 3.63) is 35.4 Å². The molecular formula is C16H24N2O4S. The van der Waals surface area contributed by atoms with E-state index in [9.17, 15) is 18.0 Å². The highest BCUT2D eigenvalue weighted by molar-refractivity contribution is 7.88. The highest BCUT2D eigenvalue weighted by atomic mass is 32.2. The van der Waals surface area contributed by atoms with Crippen LogP contribution in [-0.4, -0.2) is 37.6 Å². The second kappa shape index (κ2) is 8.79. The van der Waals surface area contributed by atoms with Crippen LogP contribution in [0.1, 0.15) is 38.3 Å². The van der Waals surface area contributed by atoms with Crippen LogP contribution in [0.4, 0.5) is 0 Å². The molecule has 0 aliphatic carbocycles. The van der Waals surface area contributed by atoms with E-state index in [1.54, 1.807) is 19.9 Å². The molecule has 23 heavy (non-hydrogen) atoms. The number of aryl methyl sites for hydroxylation is 1. The van der Waals surface area contributed by atoms with Crippen molar-refractivity contribution in [1.29, 1.82) is 0 Å². The van der Waals surface area contributed by atoms with E-state index in [0.29, 0.717) is 5.56 Å². The number of carbonyl (C=O) groups excluding carboxylic acids is 2. The quantitative estimate of drug-likeness (QED) is 0.776. The predicted molar refractivity (Wildman–Crippen MR) is 89.1 cm³/mol. The lowest BCUT2D eigenvalue weighted by Crippen LogP contribution is -2.42. The molecule has 128 valence electrons. The van der Waals surface area contributed by atoms with Gasteiger partial charge in [0.2, 0.25) is 21.8 Å². The third-order valence-electron chi connectivity index (χ3n) is 3.41. The van der Waals surface area contributed by atoms with Gasteiger partial charge in [0.1, 0.15) is 0 Å². The molecule has 7 heteroatoms. The molecule has 0 unspecified atom stereocenters. The Balaban J connectivity index is 2.82. The Labute approximate surface area is 137 Å². The highest BCUT2D eigenvalue weighted by Crippen LogP contribution is 2.13. The molecule has 0 aliphatic rings. The number of hydrogen-bond acceptors (Lipinski definition) is 4. The smallest absolute Gasteiger partial charge is 0.241 e. The molecule has 0 bridgehead atoms. The predicted octanol–water partition coefficient (Wildman–Crippen LogP) is 1.45. The zero-order chi connectivity index (χ0) is 17.5. The van der Waals surface area contributed by atoms with E-state index < -0.39 is 21.8 Å². The molecule has 0 heterocycles. The van der Waals surface area contributed by atoms with Crippen LogP contribution in [0.3, 0.4) is 0 Å². The average Bonchev–Trinajstić information content (AvgIpc) is 2.51. The van der Waals surface area contributed by atoms with Gasteiger partial charge >= 0.3 is 0 Å². The van der Waals surface area contributed by atoms with E-state index in [2.05, 4.69) is 5.32 Å². The summed E-state index contributed by atoms with van der Waals surface area (Å²) in [6.45, 7) is 5.11. The molecule has 1 rings (SSSR count). The maximum absolute atomic E-state index is 12.5. The molecular weight excluding hydrogens is 316 g/mol. The van der Waals surface area contributed by atoms with Gasteiger partial charge in [0.15, 0.2) is 0 Å². The molecule has 0 atom stereocenters. The number of imide groups is 1. The van der Waals surface area contributed by atoms with Crippen LogP contribution >= 0.6 is 0 Å². The fourth-order valence-corrected chi connectivity index (χ4v) is 3.58. The van der Waals surface area contributed by atoms with Crippen molar-refractivity contribution in [2.75, 3.05) is 13.1 Å². The van der Waals surface area contributed by atoms with Gasteiger partial charge in [-0.3, -0.25) is 14.9 Å². The summed E-state index contributed by atoms with van der Waals surface area (Å²) >= 11 is 0. The molecule has 0 aromatic heterocycles. The monoisotopic (exact) mass is 340 g/mol. The van der Waals surface area contributed by atoms with Gasteiger partial charge in [0.05, 0.1) is 12.3 Å². The van der Waals surface area contributed by atoms with Crippen molar-refractivity contribution >= 4 is 21.8 Å². The fraction of sp³-hybridized carbons (Fsp3) is 0.500. The van der Waals surface area contributed by atoms with Crippen molar-refractivity contribution in [3.63, 3.8) is 0 Å². The van der Waals surface area contributed by atoms with Gasteiger partial charge in [-0.1, -0.05) is 45.0 Å². The van der Waals surface area contributed by atoms with Crippen LogP contribution in [0.15, 0.2) is 24.3 Å². The van der Waals surface area contributed by atoms with Gasteiger partial charge in [-0.2, -0.15) is 4.31 Å². The lowest BCUT2D eigenvalue weighted by Gasteiger charge is -2.20. The number of nitrogens with zero attached hydrogens (tertiary/aromatic N) is 1. The third kappa shape index (κ3) is 6.11. The Morgan fingerprint density at radius 1 is 1.09 bits per heavy atom. The van der Waals surface area contributed by atoms with E-state index >= 15 is 0 Å². The number of hydrogen-bond donors (Lipinski definition) is 1. The van der Waals surface area contributed by atoms with Gasteiger partial charge in [-0.15, -0.1) is 0 Å². The molecule has 0 saturated carbocycles. The zero-order valence-corrected chi connectivity index (χ0v) is 14.6. The number of amides is 2. The minimum atomic E-state index is -3.63. The van der Waals surface area contributed by atoms with Crippen LogP contribution in [0.2, 0.25) is 0 Å². The first kappa shape index (κ1) is 19.3. The summed E-state index contributed by atoms with van der Waals surface area (Å²) in [6.07, 6.45) is 1.00. The maximum Gasteiger partial charge on any atom is 0.241 e. The van der Waals surface area contributed by atoms with Gasteiger partial charge in [-0.05, 0) is 17.5 Å². The lowest BCUT2D eigenvalue weighted by atomic mass is 10.1. The van der Waals surface area contributed by atoms with E-state index in [0.717, 1.165) is 16.3 Å². The number of nitrogens with one attached hydrogen (secondary N) is 1. The average molecular weight is 340 g/mol. The van der Waals surface area contributed by atoms with E-state index in [-0.39, 0.29) is 25.3 Å². The third-order valence-corrected chi connectivity index (χ3v) is 5.29. The lowest BCUT2D eigenvalue weighted by molar-refractivity contribution is -0.130. The second-order valence-electron chi connectivity index (χ2n) is 5.18. The van der Waals surface area contributed by atoms with Gasteiger partial charge in [0.25, 0.3) is 0 Å². The Bertz CT molecular complexity index is 656. The number of benzene rings is 1. The molecule has 6 nitrogen and oxygen atoms in total. The van der Waals surface area contributed by atoms with Crippen molar-refractivity contribution in [3.8, 4) is 0 Å². The Morgan fingerprint density at radius 3 is 2.30 bits per heavy atom. The molecule has 2 amide bonds. The summed E-state index contributed by atoms with van der Waals surface area (Å²) in [7, 11) is -3.63. The molecule has 0 spiro atoms. The van der Waals surface area contributed by atoms with Crippen LogP contribution in [-0.2, 0) is 31.8 Å². The molecule has 1 aromatic carbocycles. The SMILES string of the molecule is CCC(=O)NC(=O)CN(CC)S(=O)(=O)Cc1cccc(CC)c1. The first-order valence-electron chi connectivity index (χ1n) is 7.70. The summed E-state index contributed by atoms with van der Waals surface area (Å²) in [5.74, 6) is -1.19. The minimum absolute atomic E-state index is 0.163. The zero-order valence-electron chi connectivity index (χ0n) is 13.8. The first-order chi connectivity index (χ1) is 10.8. The van der Waals surface area contributed by atoms with E-state index in [1.165, 1.54) is 0 Å². The number of carbonyl (C=O) groups is 2. The maximum atomic E-state index is 12.5. The van der Waals surface area contributed by atoms with Crippen molar-refractivity contribution in [2.45, 2.75) is 39.4 Å². The van der Waals surface area contributed by atoms with Gasteiger partial charge in [0, 0.05) is 13.0 Å². The van der Waals surface area contributed by atoms with Crippen LogP contribution in [0, 0.1) is 0 Å². The Morgan fingerprint density at radius 2 is 1.74 bits per heavy atom. The highest BCUT2D eigenvalue weighted by Gasteiger charge is 2.24. The molecule has 1 aromatic rings. The van der Waals surface area contributed by atoms with Crippen molar-refractivity contribution in [2.24, 2.45) is 0 Å². The second-order valence-corrected chi connectivity index (χ2v) is 7.15. The Hall–Kier alpha value is -1.73. The molecule has 0 saturated heterocycles. The van der Waals surface area contributed by atoms with E-state index in [4.69, 9.17) is 0 Å². The summed E-state index contributed by atoms with van der Waals surface area (Å²) < 4.78 is 26.1. The van der Waals surface area contributed by atoms with Crippen molar-refractivity contribution < 1.29 is 18.0 Å². The number of sulfonamides is 1. The minimum Gasteiger partial charge on any atom is -0.295 e. The topological polar surface area (TPSA) is 83.6 Å². The van der Waals surface area contributed by atoms with Crippen LogP contribution in [0.5, 0.6) is 0 Å². The number of likely N-dealkylation sites (N-methyl/N-ethyl adjacent to an activating group) is 1. The summed E-state index contributed by atoms with van der Waals surface area (Å²) in [4.78, 5) is 22.9. The first-order valence-corrected chi connectivity index (χ1v) is 9.31. The Kier molecular flexibility index (Phi) is 7.38. The van der Waals surface area contributed by atoms with Crippen LogP contribution in [0.25, 0.3) is 0 Å². The summed E-state index contributed by atoms with van der Waals surface area (Å²) in [6, 6.07) is 7.38. The van der Waals surface area contributed by atoms with Gasteiger partial charge < -0.3 is 0 Å². The normalized spacial score (nSPS) is 11.5. The molecule has 0 aliphatic heterocycles. The molecule has 0 radical (unpaired) electrons. The standard InChI is InChI=1S/C16H24N2O4S/c1-4-13-8-7-9-14(10-13)12-23(21,22)18(6-3)11-16(20)17-15(19)5-2/h7-10H,4-6,11-12H2,1-3H3,(H,17,19,20). The largest absolute Gasteiger partial charge is 0.295 e. The fourth-order valence-electron chi connectivity index (χ4n) is 2.09. The van der Waals surface area contributed by atoms with Crippen LogP contribution < -0.4 is 5.32 Å². The van der Waals surface area contributed by atoms with E-state index in [1.807, 2.05) is 25.1 Å². The van der Waals surface area contributed by atoms with Crippen molar-refractivity contribution in [1.82, 2.24) is 9.62 Å². The van der Waals surface area contributed by atoms with Gasteiger partial charge in [-0.25, -0.2) is 8.42 Å². The summed E-state index contributed by atoms with van der Waals surface area (Å²) in [5.41, 5.74) is 1.75. The molecule has 0 fully saturated rings. The number of rotatable bonds is 8.